The number of hydrogen-bond donors (Lipinski definition) is 1. The van der Waals surface area contributed by atoms with E-state index < -0.39 is 6.03 Å². The molecule has 0 saturated heterocycles. The summed E-state index contributed by atoms with van der Waals surface area (Å²) in [5.74, 6) is 0. The van der Waals surface area contributed by atoms with E-state index in [1.807, 2.05) is 30.3 Å². The number of para-hydroxylation sites is 1. The fourth-order valence-corrected chi connectivity index (χ4v) is 1.37. The number of aromatic nitrogens is 1. The molecule has 0 saturated carbocycles. The predicted octanol–water partition coefficient (Wildman–Crippen LogP) is 1.58. The first-order valence-corrected chi connectivity index (χ1v) is 5.09. The van der Waals surface area contributed by atoms with Crippen LogP contribution in [0.2, 0.25) is 0 Å². The summed E-state index contributed by atoms with van der Waals surface area (Å²) in [6.45, 7) is 0. The normalized spacial score (nSPS) is 10.9. The molecule has 0 aliphatic carbocycles. The fraction of sp³-hybridized carbons (Fsp3) is 0.0833. The molecule has 1 heterocycles. The molecule has 0 aliphatic heterocycles. The van der Waals surface area contributed by atoms with E-state index >= 15 is 0 Å². The monoisotopic (exact) mass is 228 g/mol. The van der Waals surface area contributed by atoms with Crippen molar-refractivity contribution in [2.45, 2.75) is 0 Å². The Morgan fingerprint density at radius 1 is 1.47 bits per heavy atom. The van der Waals surface area contributed by atoms with Gasteiger partial charge in [0.1, 0.15) is 0 Å². The number of urea groups is 1. The van der Waals surface area contributed by atoms with Crippen LogP contribution >= 0.6 is 0 Å². The molecule has 0 fully saturated rings. The van der Waals surface area contributed by atoms with Crippen molar-refractivity contribution < 1.29 is 4.79 Å². The van der Waals surface area contributed by atoms with Gasteiger partial charge in [0.25, 0.3) is 0 Å². The molecular formula is C12H12N4O. The second-order valence-electron chi connectivity index (χ2n) is 3.57. The van der Waals surface area contributed by atoms with E-state index in [4.69, 9.17) is 5.73 Å². The van der Waals surface area contributed by atoms with E-state index in [2.05, 4.69) is 10.1 Å². The van der Waals surface area contributed by atoms with Crippen LogP contribution in [0.1, 0.15) is 5.56 Å². The smallest absolute Gasteiger partial charge is 0.334 e. The van der Waals surface area contributed by atoms with Crippen LogP contribution in [0, 0.1) is 0 Å². The Morgan fingerprint density at radius 3 is 3.00 bits per heavy atom. The Balaban J connectivity index is 2.28. The second-order valence-corrected chi connectivity index (χ2v) is 3.57. The largest absolute Gasteiger partial charge is 0.350 e. The number of carbonyl (C=O) groups excluding carboxylic acids is 1. The molecule has 5 heteroatoms. The minimum absolute atomic E-state index is 0.602. The fourth-order valence-electron chi connectivity index (χ4n) is 1.37. The summed E-state index contributed by atoms with van der Waals surface area (Å²) in [6.07, 6.45) is 3.24. The van der Waals surface area contributed by atoms with Gasteiger partial charge >= 0.3 is 6.03 Å². The summed E-state index contributed by atoms with van der Waals surface area (Å²) in [5, 5.41) is 5.99. The second kappa shape index (κ2) is 4.61. The number of amides is 2. The SMILES string of the molecule is CN(N=Cc1cnc2ccccc2c1)C(N)=O. The molecule has 86 valence electrons. The van der Waals surface area contributed by atoms with Crippen molar-refractivity contribution in [2.24, 2.45) is 10.8 Å². The average molecular weight is 228 g/mol. The van der Waals surface area contributed by atoms with E-state index in [1.165, 1.54) is 7.05 Å². The maximum atomic E-state index is 10.8. The topological polar surface area (TPSA) is 71.6 Å². The number of primary amides is 1. The summed E-state index contributed by atoms with van der Waals surface area (Å²) < 4.78 is 0. The molecule has 0 aliphatic rings. The highest BCUT2D eigenvalue weighted by atomic mass is 16.2. The molecule has 0 radical (unpaired) electrons. The van der Waals surface area contributed by atoms with E-state index in [-0.39, 0.29) is 0 Å². The van der Waals surface area contributed by atoms with E-state index in [0.29, 0.717) is 0 Å². The first-order valence-electron chi connectivity index (χ1n) is 5.09. The highest BCUT2D eigenvalue weighted by Gasteiger charge is 1.99. The van der Waals surface area contributed by atoms with Crippen LogP contribution in [-0.4, -0.2) is 29.3 Å². The molecule has 0 unspecified atom stereocenters. The Bertz CT molecular complexity index is 579. The van der Waals surface area contributed by atoms with Gasteiger partial charge in [-0.05, 0) is 12.1 Å². The van der Waals surface area contributed by atoms with Gasteiger partial charge in [0, 0.05) is 24.2 Å². The molecule has 2 rings (SSSR count). The van der Waals surface area contributed by atoms with Crippen molar-refractivity contribution in [1.29, 1.82) is 0 Å². The lowest BCUT2D eigenvalue weighted by Gasteiger charge is -2.05. The lowest BCUT2D eigenvalue weighted by molar-refractivity contribution is 0.220. The molecule has 2 aromatic rings. The Morgan fingerprint density at radius 2 is 2.24 bits per heavy atom. The van der Waals surface area contributed by atoms with Gasteiger partial charge in [0.05, 0.1) is 11.7 Å². The van der Waals surface area contributed by atoms with Crippen molar-refractivity contribution in [3.63, 3.8) is 0 Å². The van der Waals surface area contributed by atoms with Crippen LogP contribution in [0.5, 0.6) is 0 Å². The molecule has 1 aromatic carbocycles. The van der Waals surface area contributed by atoms with Crippen molar-refractivity contribution in [3.8, 4) is 0 Å². The Hall–Kier alpha value is -2.43. The number of hydrazone groups is 1. The summed E-state index contributed by atoms with van der Waals surface area (Å²) in [5.41, 5.74) is 6.79. The van der Waals surface area contributed by atoms with Crippen LogP contribution in [0.25, 0.3) is 10.9 Å². The van der Waals surface area contributed by atoms with Gasteiger partial charge in [-0.1, -0.05) is 18.2 Å². The van der Waals surface area contributed by atoms with Gasteiger partial charge in [0.15, 0.2) is 0 Å². The molecule has 5 nitrogen and oxygen atoms in total. The van der Waals surface area contributed by atoms with E-state index in [9.17, 15) is 4.79 Å². The summed E-state index contributed by atoms with van der Waals surface area (Å²) in [4.78, 5) is 15.0. The van der Waals surface area contributed by atoms with Gasteiger partial charge in [-0.25, -0.2) is 9.80 Å². The van der Waals surface area contributed by atoms with Gasteiger partial charge in [0.2, 0.25) is 0 Å². The van der Waals surface area contributed by atoms with Gasteiger partial charge < -0.3 is 5.73 Å². The van der Waals surface area contributed by atoms with Crippen molar-refractivity contribution in [3.05, 3.63) is 42.1 Å². The zero-order chi connectivity index (χ0) is 12.3. The molecular weight excluding hydrogens is 216 g/mol. The molecule has 0 atom stereocenters. The number of pyridine rings is 1. The molecule has 0 bridgehead atoms. The number of hydrogen-bond acceptors (Lipinski definition) is 3. The number of fused-ring (bicyclic) bond motifs is 1. The predicted molar refractivity (Wildman–Crippen MR) is 66.7 cm³/mol. The average Bonchev–Trinajstić information content (AvgIpc) is 2.35. The number of nitrogens with zero attached hydrogens (tertiary/aromatic N) is 3. The van der Waals surface area contributed by atoms with Gasteiger partial charge in [-0.2, -0.15) is 5.10 Å². The minimum Gasteiger partial charge on any atom is -0.350 e. The third-order valence-electron chi connectivity index (χ3n) is 2.31. The highest BCUT2D eigenvalue weighted by Crippen LogP contribution is 2.11. The molecule has 17 heavy (non-hydrogen) atoms. The molecule has 1 aromatic heterocycles. The Labute approximate surface area is 98.6 Å². The van der Waals surface area contributed by atoms with Crippen LogP contribution in [0.15, 0.2) is 41.6 Å². The van der Waals surface area contributed by atoms with E-state index in [0.717, 1.165) is 21.5 Å². The zero-order valence-corrected chi connectivity index (χ0v) is 9.37. The maximum Gasteiger partial charge on any atom is 0.334 e. The molecule has 2 amide bonds. The van der Waals surface area contributed by atoms with Crippen molar-refractivity contribution >= 4 is 23.1 Å². The highest BCUT2D eigenvalue weighted by molar-refractivity contribution is 5.88. The number of benzene rings is 1. The third kappa shape index (κ3) is 2.57. The summed E-state index contributed by atoms with van der Waals surface area (Å²) in [7, 11) is 1.49. The number of nitrogens with two attached hydrogens (primary N) is 1. The molecule has 2 N–H and O–H groups in total. The van der Waals surface area contributed by atoms with Gasteiger partial charge in [-0.15, -0.1) is 0 Å². The van der Waals surface area contributed by atoms with Crippen molar-refractivity contribution in [2.75, 3.05) is 7.05 Å². The first-order chi connectivity index (χ1) is 8.16. The number of carbonyl (C=O) groups is 1. The summed E-state index contributed by atoms with van der Waals surface area (Å²) >= 11 is 0. The minimum atomic E-state index is -0.602. The number of rotatable bonds is 2. The van der Waals surface area contributed by atoms with Gasteiger partial charge in [-0.3, -0.25) is 4.98 Å². The van der Waals surface area contributed by atoms with Crippen LogP contribution in [0.3, 0.4) is 0 Å². The van der Waals surface area contributed by atoms with Crippen molar-refractivity contribution in [1.82, 2.24) is 9.99 Å². The zero-order valence-electron chi connectivity index (χ0n) is 9.37. The van der Waals surface area contributed by atoms with E-state index in [1.54, 1.807) is 12.4 Å². The maximum absolute atomic E-state index is 10.8. The lowest BCUT2D eigenvalue weighted by atomic mass is 10.2. The summed E-state index contributed by atoms with van der Waals surface area (Å²) in [6, 6.07) is 9.13. The quantitative estimate of drug-likeness (QED) is 0.626. The lowest BCUT2D eigenvalue weighted by Crippen LogP contribution is -2.27. The first kappa shape index (κ1) is 11.1. The molecule has 0 spiro atoms. The standard InChI is InChI=1S/C12H12N4O/c1-16(12(13)17)15-8-9-6-10-4-2-3-5-11(10)14-7-9/h2-8H,1H3,(H2,13,17). The Kier molecular flexibility index (Phi) is 3.00. The van der Waals surface area contributed by atoms with Crippen LogP contribution < -0.4 is 5.73 Å². The van der Waals surface area contributed by atoms with Crippen LogP contribution in [0.4, 0.5) is 4.79 Å². The third-order valence-corrected chi connectivity index (χ3v) is 2.31. The van der Waals surface area contributed by atoms with Crippen LogP contribution in [-0.2, 0) is 0 Å².